The van der Waals surface area contributed by atoms with Crippen LogP contribution >= 0.6 is 11.3 Å². The molecular weight excluding hydrogens is 596 g/mol. The summed E-state index contributed by atoms with van der Waals surface area (Å²) in [5.41, 5.74) is 7.10. The van der Waals surface area contributed by atoms with E-state index in [0.29, 0.717) is 47.6 Å². The number of piperazine rings is 1. The molecule has 14 nitrogen and oxygen atoms in total. The minimum Gasteiger partial charge on any atom is -0.409 e. The fourth-order valence-corrected chi connectivity index (χ4v) is 8.34. The first kappa shape index (κ1) is 29.5. The van der Waals surface area contributed by atoms with Crippen LogP contribution in [0.1, 0.15) is 32.4 Å². The molecule has 0 aliphatic carbocycles. The number of carbonyl (C=O) groups is 2. The number of amidine groups is 1. The van der Waals surface area contributed by atoms with Crippen LogP contribution in [-0.2, 0) is 32.7 Å². The smallest absolute Gasteiger partial charge is 0.307 e. The van der Waals surface area contributed by atoms with Crippen molar-refractivity contribution >= 4 is 50.0 Å². The van der Waals surface area contributed by atoms with E-state index in [1.54, 1.807) is 28.0 Å². The maximum Gasteiger partial charge on any atom is 0.307 e. The highest BCUT2D eigenvalue weighted by molar-refractivity contribution is 7.87. The van der Waals surface area contributed by atoms with E-state index >= 15 is 0 Å². The van der Waals surface area contributed by atoms with Gasteiger partial charge < -0.3 is 30.4 Å². The number of morpholine rings is 1. The van der Waals surface area contributed by atoms with Crippen LogP contribution in [0.3, 0.4) is 0 Å². The van der Waals surface area contributed by atoms with Gasteiger partial charge in [0, 0.05) is 92.3 Å². The molecule has 1 atom stereocenters. The van der Waals surface area contributed by atoms with Gasteiger partial charge in [0.15, 0.2) is 10.8 Å². The molecule has 2 aromatic heterocycles. The fraction of sp³-hybridized carbons (Fsp3) is 0.481. The lowest BCUT2D eigenvalue weighted by molar-refractivity contribution is -0.136. The van der Waals surface area contributed by atoms with E-state index in [1.807, 2.05) is 7.05 Å². The van der Waals surface area contributed by atoms with Gasteiger partial charge in [0.05, 0.1) is 24.9 Å². The number of benzene rings is 1. The fourth-order valence-electron chi connectivity index (χ4n) is 5.76. The summed E-state index contributed by atoms with van der Waals surface area (Å²) in [6, 6.07) is 4.30. The zero-order valence-corrected chi connectivity index (χ0v) is 25.4. The van der Waals surface area contributed by atoms with Crippen LogP contribution in [0.2, 0.25) is 0 Å². The molecule has 16 heteroatoms. The third-order valence-corrected chi connectivity index (χ3v) is 11.0. The highest BCUT2D eigenvalue weighted by Crippen LogP contribution is 2.28. The number of aromatic nitrogens is 2. The van der Waals surface area contributed by atoms with Gasteiger partial charge >= 0.3 is 10.2 Å². The molecule has 0 bridgehead atoms. The van der Waals surface area contributed by atoms with Crippen molar-refractivity contribution in [3.05, 3.63) is 51.7 Å². The summed E-state index contributed by atoms with van der Waals surface area (Å²) in [6.07, 6.45) is 3.74. The predicted octanol–water partition coefficient (Wildman–Crippen LogP) is 0.349. The Hall–Kier alpha value is -3.57. The maximum absolute atomic E-state index is 13.8. The normalized spacial score (nSPS) is 20.9. The van der Waals surface area contributed by atoms with Crippen molar-refractivity contribution in [3.8, 4) is 0 Å². The first-order valence-electron chi connectivity index (χ1n) is 14.1. The van der Waals surface area contributed by atoms with E-state index in [1.165, 1.54) is 28.0 Å². The Kier molecular flexibility index (Phi) is 8.12. The van der Waals surface area contributed by atoms with Crippen LogP contribution < -0.4 is 5.73 Å². The monoisotopic (exact) mass is 630 g/mol. The van der Waals surface area contributed by atoms with Gasteiger partial charge in [-0.25, -0.2) is 8.96 Å². The Bertz CT molecular complexity index is 1680. The van der Waals surface area contributed by atoms with Gasteiger partial charge in [-0.05, 0) is 13.1 Å². The van der Waals surface area contributed by atoms with Crippen molar-refractivity contribution in [1.29, 1.82) is 0 Å². The number of fused-ring (bicyclic) bond motifs is 2. The van der Waals surface area contributed by atoms with Gasteiger partial charge in [-0.3, -0.25) is 9.59 Å². The summed E-state index contributed by atoms with van der Waals surface area (Å²) in [5.74, 6) is -0.506. The van der Waals surface area contributed by atoms with E-state index < -0.39 is 16.3 Å². The zero-order chi connectivity index (χ0) is 30.3. The van der Waals surface area contributed by atoms with Crippen molar-refractivity contribution in [2.75, 3.05) is 59.5 Å². The molecule has 6 rings (SSSR count). The van der Waals surface area contributed by atoms with E-state index in [4.69, 9.17) is 15.7 Å². The third-order valence-electron chi connectivity index (χ3n) is 8.20. The molecule has 3 aliphatic heterocycles. The number of oxime groups is 1. The van der Waals surface area contributed by atoms with Crippen LogP contribution in [0.15, 0.2) is 35.7 Å². The summed E-state index contributed by atoms with van der Waals surface area (Å²) in [7, 11) is -2.01. The summed E-state index contributed by atoms with van der Waals surface area (Å²) in [6.45, 7) is 3.55. The Labute approximate surface area is 253 Å². The third kappa shape index (κ3) is 5.84. The van der Waals surface area contributed by atoms with Crippen LogP contribution in [0.4, 0.5) is 0 Å². The van der Waals surface area contributed by atoms with Crippen molar-refractivity contribution in [3.63, 3.8) is 0 Å². The van der Waals surface area contributed by atoms with Gasteiger partial charge in [0.2, 0.25) is 5.91 Å². The number of ether oxygens (including phenoxy) is 1. The second kappa shape index (κ2) is 11.8. The Morgan fingerprint density at radius 3 is 2.67 bits per heavy atom. The number of likely N-dealkylation sites (N-methyl/N-ethyl adjacent to an activating group) is 1. The minimum absolute atomic E-state index is 0.0115. The van der Waals surface area contributed by atoms with Gasteiger partial charge in [-0.1, -0.05) is 17.3 Å². The first-order chi connectivity index (χ1) is 20.6. The molecule has 230 valence electrons. The number of carbonyl (C=O) groups excluding carboxylic acids is 2. The van der Waals surface area contributed by atoms with Crippen LogP contribution in [0, 0.1) is 0 Å². The van der Waals surface area contributed by atoms with E-state index in [-0.39, 0.29) is 43.7 Å². The highest BCUT2D eigenvalue weighted by Gasteiger charge is 2.39. The maximum atomic E-state index is 13.8. The lowest BCUT2D eigenvalue weighted by Crippen LogP contribution is -2.58. The standard InChI is InChI=1S/C27H34N8O6S2/c1-31-5-4-22-23(17-31)42-26(29-22)27(37)35-7-6-33(16-21(35)13-24(36)32-8-10-41-11-9-32)43(39,40)34-14-19-3-2-18(25(28)30-38)12-20(19)15-34/h2-3,12,14-15,21,38H,4-11,13,16-17H2,1H3,(H2,28,30). The second-order valence-corrected chi connectivity index (χ2v) is 13.9. The summed E-state index contributed by atoms with van der Waals surface area (Å²) in [4.78, 5) is 38.4. The number of hydrogen-bond acceptors (Lipinski definition) is 10. The van der Waals surface area contributed by atoms with Gasteiger partial charge in [-0.2, -0.15) is 12.7 Å². The highest BCUT2D eigenvalue weighted by atomic mass is 32.2. The number of hydrogen-bond donors (Lipinski definition) is 2. The molecule has 3 N–H and O–H groups in total. The molecule has 3 aliphatic rings. The summed E-state index contributed by atoms with van der Waals surface area (Å²) >= 11 is 1.38. The SMILES string of the molecule is CN1CCc2nc(C(=O)N3CCN(S(=O)(=O)n4cc5ccc(C(N)=NO)cc5c4)CC3CC(=O)N3CCOCC3)sc2C1. The van der Waals surface area contributed by atoms with Crippen LogP contribution in [0.5, 0.6) is 0 Å². The summed E-state index contributed by atoms with van der Waals surface area (Å²) in [5, 5.41) is 13.6. The lowest BCUT2D eigenvalue weighted by Gasteiger charge is -2.41. The Balaban J connectivity index is 1.27. The molecule has 2 saturated heterocycles. The second-order valence-electron chi connectivity index (χ2n) is 11.0. The van der Waals surface area contributed by atoms with Gasteiger partial charge in [0.25, 0.3) is 5.91 Å². The van der Waals surface area contributed by atoms with Gasteiger partial charge in [-0.15, -0.1) is 11.3 Å². The average Bonchev–Trinajstić information content (AvgIpc) is 3.65. The topological polar surface area (TPSA) is 167 Å². The van der Waals surface area contributed by atoms with Crippen molar-refractivity contribution < 1.29 is 28.0 Å². The van der Waals surface area contributed by atoms with E-state index in [0.717, 1.165) is 34.1 Å². The van der Waals surface area contributed by atoms with E-state index in [2.05, 4.69) is 15.0 Å². The molecule has 0 spiro atoms. The number of nitrogens with zero attached hydrogens (tertiary/aromatic N) is 7. The summed E-state index contributed by atoms with van der Waals surface area (Å²) < 4.78 is 35.5. The van der Waals surface area contributed by atoms with Crippen LogP contribution in [0.25, 0.3) is 10.8 Å². The Morgan fingerprint density at radius 2 is 1.91 bits per heavy atom. The average molecular weight is 631 g/mol. The van der Waals surface area contributed by atoms with Crippen molar-refractivity contribution in [2.45, 2.75) is 25.4 Å². The number of rotatable bonds is 6. The zero-order valence-electron chi connectivity index (χ0n) is 23.8. The van der Waals surface area contributed by atoms with Crippen LogP contribution in [-0.4, -0.2) is 125 Å². The predicted molar refractivity (Wildman–Crippen MR) is 159 cm³/mol. The number of nitrogens with two attached hydrogens (primary N) is 1. The quantitative estimate of drug-likeness (QED) is 0.169. The minimum atomic E-state index is -4.04. The van der Waals surface area contributed by atoms with E-state index in [9.17, 15) is 18.0 Å². The number of thiazole rings is 1. The molecule has 1 unspecified atom stereocenters. The Morgan fingerprint density at radius 1 is 1.14 bits per heavy atom. The number of amides is 2. The molecule has 2 fully saturated rings. The largest absolute Gasteiger partial charge is 0.409 e. The molecule has 2 amide bonds. The molecular formula is C27H34N8O6S2. The molecule has 0 radical (unpaired) electrons. The first-order valence-corrected chi connectivity index (χ1v) is 16.3. The van der Waals surface area contributed by atoms with Crippen molar-refractivity contribution in [1.82, 2.24) is 28.0 Å². The molecule has 0 saturated carbocycles. The van der Waals surface area contributed by atoms with Gasteiger partial charge in [0.1, 0.15) is 0 Å². The van der Waals surface area contributed by atoms with Crippen molar-refractivity contribution in [2.24, 2.45) is 10.9 Å². The molecule has 3 aromatic rings. The molecule has 1 aromatic carbocycles. The molecule has 5 heterocycles. The molecule has 43 heavy (non-hydrogen) atoms. The lowest BCUT2D eigenvalue weighted by atomic mass is 10.1.